The molecule has 0 atom stereocenters. The molecular weight excluding hydrogens is 548 g/mol. The SMILES string of the molecule is CC1(C)C=Cc2c(-c3ccc(-c4ccccc4)cc3)nc(-n3c4ccccc4c4ccc5c(ccn5-c5ccccc5)c43)nc21. The molecule has 0 radical (unpaired) electrons. The van der Waals surface area contributed by atoms with Gasteiger partial charge in [-0.25, -0.2) is 9.97 Å². The van der Waals surface area contributed by atoms with Gasteiger partial charge in [-0.15, -0.1) is 0 Å². The Morgan fingerprint density at radius 3 is 2.04 bits per heavy atom. The second kappa shape index (κ2) is 9.63. The Morgan fingerprint density at radius 1 is 0.556 bits per heavy atom. The molecule has 0 bridgehead atoms. The molecule has 1 aliphatic carbocycles. The van der Waals surface area contributed by atoms with Crippen molar-refractivity contribution < 1.29 is 0 Å². The molecule has 0 unspecified atom stereocenters. The summed E-state index contributed by atoms with van der Waals surface area (Å²) in [4.78, 5) is 10.7. The van der Waals surface area contributed by atoms with Gasteiger partial charge in [0.05, 0.1) is 27.9 Å². The van der Waals surface area contributed by atoms with Crippen molar-refractivity contribution in [2.75, 3.05) is 0 Å². The number of rotatable bonds is 4. The van der Waals surface area contributed by atoms with Gasteiger partial charge in [0.25, 0.3) is 0 Å². The maximum atomic E-state index is 5.39. The van der Waals surface area contributed by atoms with Crippen LogP contribution in [0.25, 0.3) is 72.8 Å². The zero-order valence-corrected chi connectivity index (χ0v) is 25.1. The van der Waals surface area contributed by atoms with Crippen LogP contribution in [0.3, 0.4) is 0 Å². The number of fused-ring (bicyclic) bond motifs is 6. The van der Waals surface area contributed by atoms with E-state index in [-0.39, 0.29) is 5.41 Å². The molecule has 0 saturated carbocycles. The van der Waals surface area contributed by atoms with E-state index < -0.39 is 0 Å². The summed E-state index contributed by atoms with van der Waals surface area (Å²) in [6.07, 6.45) is 6.61. The Bertz CT molecular complexity index is 2430. The van der Waals surface area contributed by atoms with Crippen LogP contribution in [-0.4, -0.2) is 19.1 Å². The minimum Gasteiger partial charge on any atom is -0.316 e. The summed E-state index contributed by atoms with van der Waals surface area (Å²) in [7, 11) is 0. The van der Waals surface area contributed by atoms with Crippen LogP contribution in [0.2, 0.25) is 0 Å². The second-order valence-corrected chi connectivity index (χ2v) is 12.4. The van der Waals surface area contributed by atoms with Gasteiger partial charge < -0.3 is 4.57 Å². The molecule has 0 N–H and O–H groups in total. The highest BCUT2D eigenvalue weighted by molar-refractivity contribution is 6.18. The van der Waals surface area contributed by atoms with E-state index in [9.17, 15) is 0 Å². The highest BCUT2D eigenvalue weighted by Gasteiger charge is 2.31. The molecule has 214 valence electrons. The van der Waals surface area contributed by atoms with Crippen molar-refractivity contribution in [1.82, 2.24) is 19.1 Å². The molecule has 8 aromatic rings. The fraction of sp³-hybridized carbons (Fsp3) is 0.0732. The molecule has 0 spiro atoms. The van der Waals surface area contributed by atoms with Crippen LogP contribution >= 0.6 is 0 Å². The first-order valence-electron chi connectivity index (χ1n) is 15.4. The van der Waals surface area contributed by atoms with Crippen molar-refractivity contribution in [2.45, 2.75) is 19.3 Å². The first-order chi connectivity index (χ1) is 22.1. The Morgan fingerprint density at radius 2 is 1.24 bits per heavy atom. The van der Waals surface area contributed by atoms with Crippen LogP contribution < -0.4 is 0 Å². The molecule has 0 aliphatic heterocycles. The zero-order chi connectivity index (χ0) is 30.1. The molecule has 9 rings (SSSR count). The van der Waals surface area contributed by atoms with Crippen LogP contribution in [0.4, 0.5) is 0 Å². The summed E-state index contributed by atoms with van der Waals surface area (Å²) < 4.78 is 4.53. The van der Waals surface area contributed by atoms with E-state index >= 15 is 0 Å². The van der Waals surface area contributed by atoms with Crippen LogP contribution in [0.1, 0.15) is 25.1 Å². The molecule has 0 saturated heterocycles. The fourth-order valence-corrected chi connectivity index (χ4v) is 6.95. The molecule has 4 heteroatoms. The van der Waals surface area contributed by atoms with Crippen molar-refractivity contribution in [3.8, 4) is 34.0 Å². The van der Waals surface area contributed by atoms with Crippen molar-refractivity contribution in [1.29, 1.82) is 0 Å². The topological polar surface area (TPSA) is 35.6 Å². The quantitative estimate of drug-likeness (QED) is 0.208. The Hall–Kier alpha value is -5.74. The molecule has 0 fully saturated rings. The van der Waals surface area contributed by atoms with Crippen LogP contribution in [0, 0.1) is 0 Å². The Labute approximate surface area is 261 Å². The number of benzene rings is 5. The predicted octanol–water partition coefficient (Wildman–Crippen LogP) is 10.2. The Kier molecular flexibility index (Phi) is 5.51. The number of hydrogen-bond acceptors (Lipinski definition) is 2. The van der Waals surface area contributed by atoms with Crippen LogP contribution in [-0.2, 0) is 5.41 Å². The highest BCUT2D eigenvalue weighted by atomic mass is 15.2. The lowest BCUT2D eigenvalue weighted by atomic mass is 9.91. The van der Waals surface area contributed by atoms with Crippen molar-refractivity contribution in [2.24, 2.45) is 0 Å². The summed E-state index contributed by atoms with van der Waals surface area (Å²) >= 11 is 0. The molecular formula is C41H30N4. The summed E-state index contributed by atoms with van der Waals surface area (Å²) in [6, 6.07) is 45.1. The molecule has 0 amide bonds. The van der Waals surface area contributed by atoms with E-state index in [0.29, 0.717) is 5.95 Å². The first-order valence-corrected chi connectivity index (χ1v) is 15.4. The number of para-hydroxylation sites is 2. The van der Waals surface area contributed by atoms with E-state index in [0.717, 1.165) is 44.8 Å². The number of nitrogens with zero attached hydrogens (tertiary/aromatic N) is 4. The number of hydrogen-bond donors (Lipinski definition) is 0. The van der Waals surface area contributed by atoms with Crippen LogP contribution in [0.15, 0.2) is 140 Å². The van der Waals surface area contributed by atoms with Gasteiger partial charge in [0, 0.05) is 44.6 Å². The minimum absolute atomic E-state index is 0.212. The summed E-state index contributed by atoms with van der Waals surface area (Å²) in [5.41, 5.74) is 10.9. The standard InChI is InChI=1S/C41H30N4/c1-41(2)25-23-34-37(29-19-17-28(18-20-29)27-11-5-3-6-12-27)42-40(43-39(34)41)45-36-16-10-9-15-31(36)32-21-22-35-33(38(32)45)24-26-44(35)30-13-7-4-8-14-30/h3-26H,1-2H3. The summed E-state index contributed by atoms with van der Waals surface area (Å²) in [5.74, 6) is 0.693. The molecule has 3 aromatic heterocycles. The third-order valence-corrected chi connectivity index (χ3v) is 9.21. The summed E-state index contributed by atoms with van der Waals surface area (Å²) in [5, 5.41) is 3.55. The van der Waals surface area contributed by atoms with Gasteiger partial charge in [-0.2, -0.15) is 0 Å². The fourth-order valence-electron chi connectivity index (χ4n) is 6.95. The lowest BCUT2D eigenvalue weighted by molar-refractivity contribution is 0.651. The third-order valence-electron chi connectivity index (χ3n) is 9.21. The van der Waals surface area contributed by atoms with E-state index in [1.165, 1.54) is 27.3 Å². The molecule has 4 nitrogen and oxygen atoms in total. The minimum atomic E-state index is -0.212. The average Bonchev–Trinajstić information content (AvgIpc) is 3.76. The van der Waals surface area contributed by atoms with E-state index in [4.69, 9.17) is 9.97 Å². The molecule has 3 heterocycles. The van der Waals surface area contributed by atoms with E-state index in [1.54, 1.807) is 0 Å². The third kappa shape index (κ3) is 3.92. The molecule has 5 aromatic carbocycles. The first kappa shape index (κ1) is 25.7. The number of allylic oxidation sites excluding steroid dienone is 1. The normalized spacial score (nSPS) is 13.6. The van der Waals surface area contributed by atoms with E-state index in [1.807, 2.05) is 0 Å². The van der Waals surface area contributed by atoms with Gasteiger partial charge in [0.1, 0.15) is 0 Å². The van der Waals surface area contributed by atoms with Gasteiger partial charge in [0.15, 0.2) is 0 Å². The lowest BCUT2D eigenvalue weighted by Crippen LogP contribution is -2.16. The second-order valence-electron chi connectivity index (χ2n) is 12.4. The van der Waals surface area contributed by atoms with Gasteiger partial charge in [-0.3, -0.25) is 4.57 Å². The largest absolute Gasteiger partial charge is 0.316 e. The van der Waals surface area contributed by atoms with Crippen molar-refractivity contribution in [3.63, 3.8) is 0 Å². The predicted molar refractivity (Wildman–Crippen MR) is 186 cm³/mol. The van der Waals surface area contributed by atoms with Crippen molar-refractivity contribution in [3.05, 3.63) is 151 Å². The maximum absolute atomic E-state index is 5.39. The smallest absolute Gasteiger partial charge is 0.235 e. The zero-order valence-electron chi connectivity index (χ0n) is 25.1. The highest BCUT2D eigenvalue weighted by Crippen LogP contribution is 2.42. The van der Waals surface area contributed by atoms with Gasteiger partial charge in [0.2, 0.25) is 5.95 Å². The molecule has 45 heavy (non-hydrogen) atoms. The summed E-state index contributed by atoms with van der Waals surface area (Å²) in [6.45, 7) is 4.47. The van der Waals surface area contributed by atoms with Gasteiger partial charge in [-0.05, 0) is 41.5 Å². The average molecular weight is 579 g/mol. The lowest BCUT2D eigenvalue weighted by Gasteiger charge is -2.20. The maximum Gasteiger partial charge on any atom is 0.235 e. The number of aromatic nitrogens is 4. The van der Waals surface area contributed by atoms with Gasteiger partial charge in [-0.1, -0.05) is 123 Å². The van der Waals surface area contributed by atoms with E-state index in [2.05, 4.69) is 169 Å². The van der Waals surface area contributed by atoms with Crippen molar-refractivity contribution >= 4 is 38.8 Å². The van der Waals surface area contributed by atoms with Crippen LogP contribution in [0.5, 0.6) is 0 Å². The molecule has 1 aliphatic rings. The Balaban J connectivity index is 1.31. The van der Waals surface area contributed by atoms with Gasteiger partial charge >= 0.3 is 0 Å². The monoisotopic (exact) mass is 578 g/mol.